The van der Waals surface area contributed by atoms with Gasteiger partial charge in [0.15, 0.2) is 4.67 Å². The number of carbonyl (C=O) groups excluding carboxylic acids is 1. The monoisotopic (exact) mass is 275 g/mol. The van der Waals surface area contributed by atoms with Gasteiger partial charge in [0, 0.05) is 0 Å². The van der Waals surface area contributed by atoms with Gasteiger partial charge in [-0.2, -0.15) is 0 Å². The van der Waals surface area contributed by atoms with Crippen molar-refractivity contribution in [3.05, 3.63) is 22.6 Å². The normalized spacial score (nSPS) is 11.2. The van der Waals surface area contributed by atoms with E-state index in [1.165, 1.54) is 0 Å². The molecule has 0 aromatic carbocycles. The highest BCUT2D eigenvalue weighted by Crippen LogP contribution is 2.14. The molecule has 1 heterocycles. The van der Waals surface area contributed by atoms with Crippen LogP contribution in [-0.4, -0.2) is 11.7 Å². The van der Waals surface area contributed by atoms with Gasteiger partial charge in [-0.15, -0.1) is 0 Å². The number of halogens is 1. The van der Waals surface area contributed by atoms with Gasteiger partial charge in [-0.05, 0) is 48.8 Å². The molecule has 0 saturated heterocycles. The molecule has 0 radical (unpaired) electrons. The lowest BCUT2D eigenvalue weighted by molar-refractivity contribution is 0.0519. The molecule has 1 aromatic heterocycles. The van der Waals surface area contributed by atoms with Crippen molar-refractivity contribution >= 4 is 22.0 Å². The Morgan fingerprint density at radius 1 is 1.53 bits per heavy atom. The summed E-state index contributed by atoms with van der Waals surface area (Å²) in [6.07, 6.45) is -0.449. The van der Waals surface area contributed by atoms with Crippen LogP contribution in [0.25, 0.3) is 0 Å². The third-order valence-corrected chi connectivity index (χ3v) is 1.86. The third kappa shape index (κ3) is 4.88. The van der Waals surface area contributed by atoms with Crippen LogP contribution in [-0.2, 0) is 11.3 Å². The SMILES string of the molecule is CC(C)(C)OC(=O)NCc1ccc(Br)o1. The van der Waals surface area contributed by atoms with E-state index in [2.05, 4.69) is 21.2 Å². The first-order valence-electron chi connectivity index (χ1n) is 4.58. The molecular formula is C10H14BrNO3. The van der Waals surface area contributed by atoms with Crippen LogP contribution in [0.15, 0.2) is 21.2 Å². The molecule has 1 amide bonds. The van der Waals surface area contributed by atoms with E-state index < -0.39 is 11.7 Å². The van der Waals surface area contributed by atoms with Crippen molar-refractivity contribution in [1.82, 2.24) is 5.32 Å². The molecule has 1 aromatic rings. The maximum atomic E-state index is 11.3. The molecule has 0 unspecified atom stereocenters. The number of carbonyl (C=O) groups is 1. The second-order valence-corrected chi connectivity index (χ2v) is 4.84. The van der Waals surface area contributed by atoms with E-state index in [1.807, 2.05) is 20.8 Å². The quantitative estimate of drug-likeness (QED) is 0.903. The van der Waals surface area contributed by atoms with Gasteiger partial charge in [-0.25, -0.2) is 4.79 Å². The Labute approximate surface area is 97.1 Å². The zero-order chi connectivity index (χ0) is 11.5. The zero-order valence-electron chi connectivity index (χ0n) is 8.96. The van der Waals surface area contributed by atoms with Crippen molar-refractivity contribution in [2.45, 2.75) is 32.9 Å². The van der Waals surface area contributed by atoms with Crippen LogP contribution in [0.4, 0.5) is 4.79 Å². The van der Waals surface area contributed by atoms with Gasteiger partial charge in [-0.3, -0.25) is 0 Å². The van der Waals surface area contributed by atoms with E-state index in [9.17, 15) is 4.79 Å². The van der Waals surface area contributed by atoms with Crippen LogP contribution < -0.4 is 5.32 Å². The van der Waals surface area contributed by atoms with Crippen LogP contribution in [0.5, 0.6) is 0 Å². The van der Waals surface area contributed by atoms with Gasteiger partial charge in [0.2, 0.25) is 0 Å². The van der Waals surface area contributed by atoms with Crippen LogP contribution in [0.2, 0.25) is 0 Å². The summed E-state index contributed by atoms with van der Waals surface area (Å²) in [6, 6.07) is 3.55. The first-order chi connectivity index (χ1) is 6.87. The van der Waals surface area contributed by atoms with E-state index in [-0.39, 0.29) is 0 Å². The highest BCUT2D eigenvalue weighted by molar-refractivity contribution is 9.10. The fraction of sp³-hybridized carbons (Fsp3) is 0.500. The second kappa shape index (κ2) is 4.70. The van der Waals surface area contributed by atoms with Gasteiger partial charge >= 0.3 is 6.09 Å². The summed E-state index contributed by atoms with van der Waals surface area (Å²) in [5.41, 5.74) is -0.478. The number of furan rings is 1. The van der Waals surface area contributed by atoms with Gasteiger partial charge < -0.3 is 14.5 Å². The van der Waals surface area contributed by atoms with Gasteiger partial charge in [-0.1, -0.05) is 0 Å². The van der Waals surface area contributed by atoms with E-state index >= 15 is 0 Å². The minimum atomic E-state index is -0.478. The van der Waals surface area contributed by atoms with Crippen molar-refractivity contribution in [3.63, 3.8) is 0 Å². The number of hydrogen-bond donors (Lipinski definition) is 1. The van der Waals surface area contributed by atoms with E-state index in [4.69, 9.17) is 9.15 Å². The Morgan fingerprint density at radius 3 is 2.67 bits per heavy atom. The molecule has 0 atom stereocenters. The summed E-state index contributed by atoms with van der Waals surface area (Å²) in [4.78, 5) is 11.3. The minimum absolute atomic E-state index is 0.320. The van der Waals surface area contributed by atoms with Crippen LogP contribution in [0.1, 0.15) is 26.5 Å². The van der Waals surface area contributed by atoms with Crippen molar-refractivity contribution in [2.24, 2.45) is 0 Å². The molecule has 0 spiro atoms. The van der Waals surface area contributed by atoms with Crippen LogP contribution in [0.3, 0.4) is 0 Å². The van der Waals surface area contributed by atoms with Gasteiger partial charge in [0.05, 0.1) is 6.54 Å². The number of nitrogens with one attached hydrogen (secondary N) is 1. The summed E-state index contributed by atoms with van der Waals surface area (Å²) >= 11 is 3.18. The van der Waals surface area contributed by atoms with Crippen molar-refractivity contribution in [1.29, 1.82) is 0 Å². The topological polar surface area (TPSA) is 51.5 Å². The first-order valence-corrected chi connectivity index (χ1v) is 5.37. The Kier molecular flexibility index (Phi) is 3.79. The predicted octanol–water partition coefficient (Wildman–Crippen LogP) is 3.07. The molecule has 0 fully saturated rings. The number of hydrogen-bond acceptors (Lipinski definition) is 3. The molecule has 15 heavy (non-hydrogen) atoms. The smallest absolute Gasteiger partial charge is 0.408 e. The lowest BCUT2D eigenvalue weighted by Crippen LogP contribution is -2.32. The molecule has 0 aliphatic carbocycles. The minimum Gasteiger partial charge on any atom is -0.452 e. The Bertz CT molecular complexity index is 341. The zero-order valence-corrected chi connectivity index (χ0v) is 10.6. The lowest BCUT2D eigenvalue weighted by Gasteiger charge is -2.19. The molecular weight excluding hydrogens is 262 g/mol. The summed E-state index contributed by atoms with van der Waals surface area (Å²) in [5.74, 6) is 0.674. The van der Waals surface area contributed by atoms with Crippen LogP contribution in [0, 0.1) is 0 Å². The predicted molar refractivity (Wildman–Crippen MR) is 59.5 cm³/mol. The largest absolute Gasteiger partial charge is 0.452 e. The fourth-order valence-electron chi connectivity index (χ4n) is 0.920. The molecule has 84 valence electrons. The highest BCUT2D eigenvalue weighted by atomic mass is 79.9. The fourth-order valence-corrected chi connectivity index (χ4v) is 1.26. The summed E-state index contributed by atoms with van der Waals surface area (Å²) in [7, 11) is 0. The van der Waals surface area contributed by atoms with E-state index in [0.29, 0.717) is 17.0 Å². The Hall–Kier alpha value is -0.970. The Morgan fingerprint density at radius 2 is 2.20 bits per heavy atom. The molecule has 0 aliphatic rings. The summed E-state index contributed by atoms with van der Waals surface area (Å²) < 4.78 is 10.9. The molecule has 0 saturated carbocycles. The Balaban J connectivity index is 2.35. The average molecular weight is 276 g/mol. The highest BCUT2D eigenvalue weighted by Gasteiger charge is 2.15. The molecule has 1 rings (SSSR count). The standard InChI is InChI=1S/C10H14BrNO3/c1-10(2,3)15-9(13)12-6-7-4-5-8(11)14-7/h4-5H,6H2,1-3H3,(H,12,13). The van der Waals surface area contributed by atoms with Crippen LogP contribution >= 0.6 is 15.9 Å². The average Bonchev–Trinajstić information content (AvgIpc) is 2.45. The third-order valence-electron chi connectivity index (χ3n) is 1.43. The summed E-state index contributed by atoms with van der Waals surface area (Å²) in [6.45, 7) is 5.77. The maximum Gasteiger partial charge on any atom is 0.408 e. The molecule has 4 nitrogen and oxygen atoms in total. The van der Waals surface area contributed by atoms with Gasteiger partial charge in [0.1, 0.15) is 11.4 Å². The lowest BCUT2D eigenvalue weighted by atomic mass is 10.2. The second-order valence-electron chi connectivity index (χ2n) is 4.06. The van der Waals surface area contributed by atoms with Crippen molar-refractivity contribution < 1.29 is 13.9 Å². The van der Waals surface area contributed by atoms with E-state index in [0.717, 1.165) is 0 Å². The summed E-state index contributed by atoms with van der Waals surface area (Å²) in [5, 5.41) is 2.59. The molecule has 1 N–H and O–H groups in total. The number of ether oxygens (including phenoxy) is 1. The van der Waals surface area contributed by atoms with Crippen molar-refractivity contribution in [2.75, 3.05) is 0 Å². The van der Waals surface area contributed by atoms with E-state index in [1.54, 1.807) is 12.1 Å². The molecule has 0 bridgehead atoms. The number of amides is 1. The van der Waals surface area contributed by atoms with Crippen molar-refractivity contribution in [3.8, 4) is 0 Å². The molecule has 0 aliphatic heterocycles. The number of rotatable bonds is 2. The first kappa shape index (κ1) is 12.1. The maximum absolute atomic E-state index is 11.3. The number of alkyl carbamates (subject to hydrolysis) is 1. The molecule has 5 heteroatoms. The van der Waals surface area contributed by atoms with Gasteiger partial charge in [0.25, 0.3) is 0 Å².